The van der Waals surface area contributed by atoms with Crippen LogP contribution < -0.4 is 0 Å². The summed E-state index contributed by atoms with van der Waals surface area (Å²) in [4.78, 5) is 0. The summed E-state index contributed by atoms with van der Waals surface area (Å²) < 4.78 is 1.04. The van der Waals surface area contributed by atoms with Gasteiger partial charge in [0.05, 0.1) is 6.10 Å². The molecule has 1 heterocycles. The molecule has 0 saturated heterocycles. The van der Waals surface area contributed by atoms with E-state index in [1.165, 1.54) is 11.1 Å². The molecule has 0 fully saturated rings. The highest BCUT2D eigenvalue weighted by Crippen LogP contribution is 2.37. The van der Waals surface area contributed by atoms with Crippen LogP contribution in [0.15, 0.2) is 39.5 Å². The van der Waals surface area contributed by atoms with Crippen molar-refractivity contribution in [2.24, 2.45) is 5.92 Å². The van der Waals surface area contributed by atoms with Gasteiger partial charge in [0.2, 0.25) is 0 Å². The molecule has 1 N–H and O–H groups in total. The third-order valence-electron chi connectivity index (χ3n) is 3.79. The van der Waals surface area contributed by atoms with Crippen LogP contribution in [0.5, 0.6) is 0 Å². The Bertz CT molecular complexity index is 549. The van der Waals surface area contributed by atoms with Gasteiger partial charge in [0.25, 0.3) is 0 Å². The SMILES string of the molecule is OC(c1cscc1Br)C1CCc2ccccc2C1. The highest BCUT2D eigenvalue weighted by atomic mass is 79.9. The molecule has 2 unspecified atom stereocenters. The van der Waals surface area contributed by atoms with Crippen molar-refractivity contribution in [2.45, 2.75) is 25.4 Å². The molecule has 18 heavy (non-hydrogen) atoms. The number of fused-ring (bicyclic) bond motifs is 1. The van der Waals surface area contributed by atoms with Crippen LogP contribution in [0.25, 0.3) is 0 Å². The van der Waals surface area contributed by atoms with Gasteiger partial charge in [0.1, 0.15) is 0 Å². The molecule has 0 amide bonds. The largest absolute Gasteiger partial charge is 0.388 e. The monoisotopic (exact) mass is 322 g/mol. The number of halogens is 1. The zero-order valence-electron chi connectivity index (χ0n) is 9.97. The van der Waals surface area contributed by atoms with Crippen LogP contribution in [-0.4, -0.2) is 5.11 Å². The summed E-state index contributed by atoms with van der Waals surface area (Å²) in [6.07, 6.45) is 2.79. The van der Waals surface area contributed by atoms with E-state index in [2.05, 4.69) is 45.6 Å². The Kier molecular flexibility index (Phi) is 3.55. The number of aryl methyl sites for hydroxylation is 1. The predicted octanol–water partition coefficient (Wildman–Crippen LogP) is 4.35. The second-order valence-corrected chi connectivity index (χ2v) is 6.49. The molecule has 0 saturated carbocycles. The summed E-state index contributed by atoms with van der Waals surface area (Å²) >= 11 is 5.15. The standard InChI is InChI=1S/C15H15BrOS/c16-14-9-18-8-13(14)15(17)12-6-5-10-3-1-2-4-11(10)7-12/h1-4,8-9,12,15,17H,5-7H2. The number of hydrogen-bond donors (Lipinski definition) is 1. The molecule has 3 heteroatoms. The van der Waals surface area contributed by atoms with Crippen LogP contribution in [0, 0.1) is 5.92 Å². The minimum atomic E-state index is -0.348. The Morgan fingerprint density at radius 3 is 2.72 bits per heavy atom. The zero-order chi connectivity index (χ0) is 12.5. The van der Waals surface area contributed by atoms with Crippen molar-refractivity contribution in [3.05, 3.63) is 56.2 Å². The highest BCUT2D eigenvalue weighted by Gasteiger charge is 2.27. The fourth-order valence-electron chi connectivity index (χ4n) is 2.75. The molecular formula is C15H15BrOS. The molecule has 0 radical (unpaired) electrons. The third kappa shape index (κ3) is 2.27. The van der Waals surface area contributed by atoms with Crippen molar-refractivity contribution in [3.8, 4) is 0 Å². The normalized spacial score (nSPS) is 20.4. The van der Waals surface area contributed by atoms with Crippen molar-refractivity contribution < 1.29 is 5.11 Å². The molecule has 2 atom stereocenters. The van der Waals surface area contributed by atoms with Gasteiger partial charge in [-0.1, -0.05) is 24.3 Å². The van der Waals surface area contributed by atoms with E-state index in [0.717, 1.165) is 29.3 Å². The fraction of sp³-hybridized carbons (Fsp3) is 0.333. The van der Waals surface area contributed by atoms with E-state index in [1.54, 1.807) is 11.3 Å². The first-order chi connectivity index (χ1) is 8.75. The summed E-state index contributed by atoms with van der Waals surface area (Å²) in [5.41, 5.74) is 3.90. The first-order valence-electron chi connectivity index (χ1n) is 6.22. The van der Waals surface area contributed by atoms with Crippen molar-refractivity contribution in [1.29, 1.82) is 0 Å². The maximum absolute atomic E-state index is 10.5. The van der Waals surface area contributed by atoms with Gasteiger partial charge in [0.15, 0.2) is 0 Å². The molecule has 1 aliphatic rings. The number of hydrogen-bond acceptors (Lipinski definition) is 2. The minimum Gasteiger partial charge on any atom is -0.388 e. The summed E-state index contributed by atoms with van der Waals surface area (Å²) in [5.74, 6) is 0.339. The molecule has 2 aromatic rings. The van der Waals surface area contributed by atoms with Gasteiger partial charge in [-0.2, -0.15) is 11.3 Å². The Morgan fingerprint density at radius 1 is 1.22 bits per heavy atom. The molecular weight excluding hydrogens is 308 g/mol. The van der Waals surface area contributed by atoms with Crippen LogP contribution in [0.4, 0.5) is 0 Å². The van der Waals surface area contributed by atoms with Crippen molar-refractivity contribution in [3.63, 3.8) is 0 Å². The molecule has 1 aromatic heterocycles. The number of thiophene rings is 1. The summed E-state index contributed by atoms with van der Waals surface area (Å²) in [7, 11) is 0. The van der Waals surface area contributed by atoms with Gasteiger partial charge in [-0.05, 0) is 57.6 Å². The highest BCUT2D eigenvalue weighted by molar-refractivity contribution is 9.10. The van der Waals surface area contributed by atoms with Crippen LogP contribution in [-0.2, 0) is 12.8 Å². The van der Waals surface area contributed by atoms with E-state index in [9.17, 15) is 5.11 Å². The molecule has 3 rings (SSSR count). The van der Waals surface area contributed by atoms with Crippen LogP contribution >= 0.6 is 27.3 Å². The number of benzene rings is 1. The third-order valence-corrected chi connectivity index (χ3v) is 5.54. The minimum absolute atomic E-state index is 0.339. The number of aliphatic hydroxyl groups excluding tert-OH is 1. The van der Waals surface area contributed by atoms with E-state index in [4.69, 9.17) is 0 Å². The Labute approximate surface area is 120 Å². The second kappa shape index (κ2) is 5.16. The van der Waals surface area contributed by atoms with Crippen molar-refractivity contribution in [2.75, 3.05) is 0 Å². The Balaban J connectivity index is 1.82. The topological polar surface area (TPSA) is 20.2 Å². The summed E-state index contributed by atoms with van der Waals surface area (Å²) in [6.45, 7) is 0. The molecule has 1 nitrogen and oxygen atoms in total. The van der Waals surface area contributed by atoms with Gasteiger partial charge in [-0.15, -0.1) is 0 Å². The second-order valence-electron chi connectivity index (χ2n) is 4.89. The molecule has 0 spiro atoms. The first kappa shape index (κ1) is 12.4. The average Bonchev–Trinajstić information content (AvgIpc) is 2.83. The van der Waals surface area contributed by atoms with Crippen LogP contribution in [0.2, 0.25) is 0 Å². The Morgan fingerprint density at radius 2 is 2.00 bits per heavy atom. The molecule has 0 aliphatic heterocycles. The van der Waals surface area contributed by atoms with Crippen LogP contribution in [0.3, 0.4) is 0 Å². The van der Waals surface area contributed by atoms with Crippen LogP contribution in [0.1, 0.15) is 29.2 Å². The molecule has 1 aliphatic carbocycles. The van der Waals surface area contributed by atoms with Gasteiger partial charge >= 0.3 is 0 Å². The van der Waals surface area contributed by atoms with E-state index < -0.39 is 0 Å². The lowest BCUT2D eigenvalue weighted by molar-refractivity contribution is 0.0993. The van der Waals surface area contributed by atoms with Gasteiger partial charge in [-0.25, -0.2) is 0 Å². The summed E-state index contributed by atoms with van der Waals surface area (Å²) in [5, 5.41) is 14.6. The van der Waals surface area contributed by atoms with Gasteiger partial charge in [-0.3, -0.25) is 0 Å². The van der Waals surface area contributed by atoms with E-state index >= 15 is 0 Å². The predicted molar refractivity (Wildman–Crippen MR) is 78.9 cm³/mol. The van der Waals surface area contributed by atoms with E-state index in [-0.39, 0.29) is 6.10 Å². The Hall–Kier alpha value is -0.640. The van der Waals surface area contributed by atoms with Gasteiger partial charge in [0, 0.05) is 15.4 Å². The zero-order valence-corrected chi connectivity index (χ0v) is 12.4. The maximum atomic E-state index is 10.5. The number of aliphatic hydroxyl groups is 1. The lowest BCUT2D eigenvalue weighted by atomic mass is 9.80. The lowest BCUT2D eigenvalue weighted by Crippen LogP contribution is -2.21. The van der Waals surface area contributed by atoms with Crippen molar-refractivity contribution >= 4 is 27.3 Å². The smallest absolute Gasteiger partial charge is 0.0840 e. The first-order valence-corrected chi connectivity index (χ1v) is 7.95. The fourth-order valence-corrected chi connectivity index (χ4v) is 4.31. The van der Waals surface area contributed by atoms with E-state index in [1.807, 2.05) is 5.38 Å². The molecule has 0 bridgehead atoms. The average molecular weight is 323 g/mol. The maximum Gasteiger partial charge on any atom is 0.0840 e. The molecule has 1 aromatic carbocycles. The van der Waals surface area contributed by atoms with Crippen molar-refractivity contribution in [1.82, 2.24) is 0 Å². The molecule has 94 valence electrons. The lowest BCUT2D eigenvalue weighted by Gasteiger charge is -2.28. The number of rotatable bonds is 2. The van der Waals surface area contributed by atoms with E-state index in [0.29, 0.717) is 5.92 Å². The summed E-state index contributed by atoms with van der Waals surface area (Å²) in [6, 6.07) is 8.59. The quantitative estimate of drug-likeness (QED) is 0.871. The van der Waals surface area contributed by atoms with Gasteiger partial charge < -0.3 is 5.11 Å².